The van der Waals surface area contributed by atoms with Gasteiger partial charge in [-0.25, -0.2) is 4.79 Å². The summed E-state index contributed by atoms with van der Waals surface area (Å²) in [6.07, 6.45) is 12.4. The number of methoxy groups -OCH3 is 1. The van der Waals surface area contributed by atoms with Crippen molar-refractivity contribution in [1.29, 1.82) is 0 Å². The Hall–Kier alpha value is -1.56. The van der Waals surface area contributed by atoms with Crippen LogP contribution in [0.2, 0.25) is 0 Å². The number of aromatic nitrogens is 2. The fraction of sp³-hybridized carbons (Fsp3) is 0.765. The van der Waals surface area contributed by atoms with E-state index in [1.165, 1.54) is 32.1 Å². The lowest BCUT2D eigenvalue weighted by atomic mass is 9.89. The molecule has 6 heteroatoms. The first kappa shape index (κ1) is 16.3. The highest BCUT2D eigenvalue weighted by Gasteiger charge is 2.34. The topological polar surface area (TPSA) is 59.4 Å². The quantitative estimate of drug-likeness (QED) is 0.840. The summed E-state index contributed by atoms with van der Waals surface area (Å²) >= 11 is 0. The van der Waals surface area contributed by atoms with E-state index in [-0.39, 0.29) is 6.03 Å². The number of carbonyl (C=O) groups excluding carboxylic acids is 1. The molecule has 2 amide bonds. The zero-order chi connectivity index (χ0) is 16.1. The fourth-order valence-corrected chi connectivity index (χ4v) is 3.36. The Balaban J connectivity index is 1.54. The lowest BCUT2D eigenvalue weighted by Crippen LogP contribution is -2.40. The molecular formula is C17H28N4O2. The van der Waals surface area contributed by atoms with Gasteiger partial charge in [-0.3, -0.25) is 4.68 Å². The summed E-state index contributed by atoms with van der Waals surface area (Å²) in [6.45, 7) is 2.22. The Labute approximate surface area is 138 Å². The number of nitrogens with one attached hydrogen (secondary N) is 1. The van der Waals surface area contributed by atoms with E-state index in [0.29, 0.717) is 25.1 Å². The molecule has 1 heterocycles. The maximum Gasteiger partial charge on any atom is 0.322 e. The highest BCUT2D eigenvalue weighted by molar-refractivity contribution is 5.89. The van der Waals surface area contributed by atoms with Crippen LogP contribution in [-0.2, 0) is 11.3 Å². The van der Waals surface area contributed by atoms with Crippen LogP contribution in [0.4, 0.5) is 10.5 Å². The number of hydrogen-bond acceptors (Lipinski definition) is 3. The van der Waals surface area contributed by atoms with Gasteiger partial charge in [-0.05, 0) is 31.6 Å². The largest absolute Gasteiger partial charge is 0.383 e. The van der Waals surface area contributed by atoms with Crippen LogP contribution < -0.4 is 5.32 Å². The van der Waals surface area contributed by atoms with Crippen LogP contribution in [0.1, 0.15) is 44.9 Å². The molecule has 6 nitrogen and oxygen atoms in total. The molecule has 2 fully saturated rings. The van der Waals surface area contributed by atoms with Gasteiger partial charge in [0.25, 0.3) is 0 Å². The predicted molar refractivity (Wildman–Crippen MR) is 89.4 cm³/mol. The van der Waals surface area contributed by atoms with E-state index in [1.807, 2.05) is 6.20 Å². The van der Waals surface area contributed by atoms with Crippen molar-refractivity contribution in [2.45, 2.75) is 57.5 Å². The number of rotatable bonds is 7. The molecule has 0 unspecified atom stereocenters. The Morgan fingerprint density at radius 3 is 2.83 bits per heavy atom. The number of carbonyl (C=O) groups is 1. The van der Waals surface area contributed by atoms with Gasteiger partial charge in [0.15, 0.2) is 0 Å². The van der Waals surface area contributed by atoms with Gasteiger partial charge in [0.1, 0.15) is 0 Å². The van der Waals surface area contributed by atoms with Crippen molar-refractivity contribution in [2.24, 2.45) is 5.92 Å². The van der Waals surface area contributed by atoms with Crippen molar-refractivity contribution in [3.8, 4) is 0 Å². The number of hydrogen-bond donors (Lipinski definition) is 1. The third kappa shape index (κ3) is 4.70. The second kappa shape index (κ2) is 7.81. The molecule has 0 aromatic carbocycles. The Morgan fingerprint density at radius 1 is 1.35 bits per heavy atom. The van der Waals surface area contributed by atoms with Gasteiger partial charge in [-0.1, -0.05) is 19.3 Å². The Morgan fingerprint density at radius 2 is 2.13 bits per heavy atom. The molecule has 3 rings (SSSR count). The molecule has 0 atom stereocenters. The van der Waals surface area contributed by atoms with Crippen molar-refractivity contribution in [3.05, 3.63) is 12.4 Å². The third-order valence-corrected chi connectivity index (χ3v) is 4.84. The standard InChI is InChI=1S/C17H28N4O2/c1-23-10-9-20-13-15(11-18-20)19-17(22)21(16-7-8-16)12-14-5-3-2-4-6-14/h11,13-14,16H,2-10,12H2,1H3,(H,19,22). The zero-order valence-corrected chi connectivity index (χ0v) is 14.0. The summed E-state index contributed by atoms with van der Waals surface area (Å²) in [7, 11) is 1.67. The molecule has 2 saturated carbocycles. The number of amides is 2. The zero-order valence-electron chi connectivity index (χ0n) is 14.0. The minimum absolute atomic E-state index is 0.0318. The number of nitrogens with zero attached hydrogens (tertiary/aromatic N) is 3. The maximum atomic E-state index is 12.6. The van der Waals surface area contributed by atoms with E-state index in [4.69, 9.17) is 4.74 Å². The van der Waals surface area contributed by atoms with Gasteiger partial charge >= 0.3 is 6.03 Å². The Kier molecular flexibility index (Phi) is 5.54. The summed E-state index contributed by atoms with van der Waals surface area (Å²) in [5.74, 6) is 0.680. The van der Waals surface area contributed by atoms with Crippen LogP contribution in [0, 0.1) is 5.92 Å². The van der Waals surface area contributed by atoms with E-state index >= 15 is 0 Å². The van der Waals surface area contributed by atoms with Crippen LogP contribution in [0.15, 0.2) is 12.4 Å². The fourth-order valence-electron chi connectivity index (χ4n) is 3.36. The first-order valence-corrected chi connectivity index (χ1v) is 8.85. The number of ether oxygens (including phenoxy) is 1. The highest BCUT2D eigenvalue weighted by atomic mass is 16.5. The van der Waals surface area contributed by atoms with Gasteiger partial charge in [0, 0.05) is 25.9 Å². The minimum atomic E-state index is 0.0318. The number of anilines is 1. The van der Waals surface area contributed by atoms with Crippen LogP contribution in [0.25, 0.3) is 0 Å². The van der Waals surface area contributed by atoms with Crippen LogP contribution in [0.3, 0.4) is 0 Å². The van der Waals surface area contributed by atoms with E-state index in [1.54, 1.807) is 18.0 Å². The second-order valence-electron chi connectivity index (χ2n) is 6.80. The average molecular weight is 320 g/mol. The summed E-state index contributed by atoms with van der Waals surface area (Å²) in [6, 6.07) is 0.477. The van der Waals surface area contributed by atoms with Gasteiger partial charge < -0.3 is 15.0 Å². The van der Waals surface area contributed by atoms with Gasteiger partial charge in [0.05, 0.1) is 25.0 Å². The van der Waals surface area contributed by atoms with Crippen LogP contribution in [-0.4, -0.2) is 47.0 Å². The molecular weight excluding hydrogens is 292 g/mol. The molecule has 0 saturated heterocycles. The molecule has 2 aliphatic rings. The summed E-state index contributed by atoms with van der Waals surface area (Å²) < 4.78 is 6.84. The first-order chi connectivity index (χ1) is 11.3. The Bertz CT molecular complexity index is 506. The molecule has 1 N–H and O–H groups in total. The van der Waals surface area contributed by atoms with E-state index in [2.05, 4.69) is 15.3 Å². The summed E-state index contributed by atoms with van der Waals surface area (Å²) in [5, 5.41) is 7.26. The van der Waals surface area contributed by atoms with E-state index < -0.39 is 0 Å². The molecule has 0 radical (unpaired) electrons. The maximum absolute atomic E-state index is 12.6. The average Bonchev–Trinajstić information content (AvgIpc) is 3.32. The molecule has 0 bridgehead atoms. The monoisotopic (exact) mass is 320 g/mol. The number of urea groups is 1. The van der Waals surface area contributed by atoms with Crippen molar-refractivity contribution in [3.63, 3.8) is 0 Å². The van der Waals surface area contributed by atoms with Gasteiger partial charge in [-0.15, -0.1) is 0 Å². The summed E-state index contributed by atoms with van der Waals surface area (Å²) in [4.78, 5) is 14.7. The normalized spacial score (nSPS) is 18.8. The van der Waals surface area contributed by atoms with Gasteiger partial charge in [0.2, 0.25) is 0 Å². The predicted octanol–water partition coefficient (Wildman–Crippen LogP) is 3.11. The third-order valence-electron chi connectivity index (χ3n) is 4.84. The molecule has 23 heavy (non-hydrogen) atoms. The van der Waals surface area contributed by atoms with Crippen molar-refractivity contribution in [2.75, 3.05) is 25.6 Å². The molecule has 1 aromatic rings. The van der Waals surface area contributed by atoms with Crippen molar-refractivity contribution < 1.29 is 9.53 Å². The molecule has 1 aromatic heterocycles. The molecule has 0 aliphatic heterocycles. The SMILES string of the molecule is COCCn1cc(NC(=O)N(CC2CCCCC2)C2CC2)cn1. The lowest BCUT2D eigenvalue weighted by molar-refractivity contribution is 0.183. The highest BCUT2D eigenvalue weighted by Crippen LogP contribution is 2.31. The van der Waals surface area contributed by atoms with Crippen LogP contribution >= 0.6 is 0 Å². The van der Waals surface area contributed by atoms with Crippen molar-refractivity contribution in [1.82, 2.24) is 14.7 Å². The summed E-state index contributed by atoms with van der Waals surface area (Å²) in [5.41, 5.74) is 0.764. The van der Waals surface area contributed by atoms with Gasteiger partial charge in [-0.2, -0.15) is 5.10 Å². The minimum Gasteiger partial charge on any atom is -0.383 e. The molecule has 2 aliphatic carbocycles. The lowest BCUT2D eigenvalue weighted by Gasteiger charge is -2.29. The van der Waals surface area contributed by atoms with E-state index in [9.17, 15) is 4.79 Å². The smallest absolute Gasteiger partial charge is 0.322 e. The van der Waals surface area contributed by atoms with E-state index in [0.717, 1.165) is 25.1 Å². The first-order valence-electron chi connectivity index (χ1n) is 8.85. The van der Waals surface area contributed by atoms with Crippen LogP contribution in [0.5, 0.6) is 0 Å². The molecule has 0 spiro atoms. The second-order valence-corrected chi connectivity index (χ2v) is 6.80. The van der Waals surface area contributed by atoms with Crippen molar-refractivity contribution >= 4 is 11.7 Å². The molecule has 128 valence electrons.